The van der Waals surface area contributed by atoms with E-state index in [1.165, 1.54) is 5.01 Å². The molecule has 5 heteroatoms. The Morgan fingerprint density at radius 1 is 1.39 bits per heavy atom. The fourth-order valence-electron chi connectivity index (χ4n) is 1.74. The minimum Gasteiger partial charge on any atom is -0.331 e. The Balaban J connectivity index is 2.17. The summed E-state index contributed by atoms with van der Waals surface area (Å²) in [5, 5.41) is 9.42. The van der Waals surface area contributed by atoms with Crippen LogP contribution in [0.4, 0.5) is 4.79 Å². The quantitative estimate of drug-likeness (QED) is 0.894. The monoisotopic (exact) mass is 265 g/mol. The van der Waals surface area contributed by atoms with Gasteiger partial charge in [0.2, 0.25) is 0 Å². The number of benzene rings is 1. The van der Waals surface area contributed by atoms with Gasteiger partial charge in [0.1, 0.15) is 0 Å². The van der Waals surface area contributed by atoms with Crippen molar-refractivity contribution in [2.24, 2.45) is 5.10 Å². The van der Waals surface area contributed by atoms with Gasteiger partial charge in [-0.25, -0.2) is 9.80 Å². The molecule has 1 N–H and O–H groups in total. The van der Waals surface area contributed by atoms with Gasteiger partial charge in [-0.2, -0.15) is 5.10 Å². The number of halogens is 1. The second kappa shape index (κ2) is 5.87. The SMILES string of the molecule is CCCCN1N=C(c2ccc(Cl)cc2)CNC1=O. The summed E-state index contributed by atoms with van der Waals surface area (Å²) in [5.41, 5.74) is 1.85. The molecule has 2 amide bonds. The standard InChI is InChI=1S/C13H16ClN3O/c1-2-3-8-17-13(18)15-9-12(16-17)10-4-6-11(14)7-5-10/h4-7H,2-3,8-9H2,1H3,(H,15,18). The third kappa shape index (κ3) is 3.01. The van der Waals surface area contributed by atoms with Crippen LogP contribution in [0.1, 0.15) is 25.3 Å². The highest BCUT2D eigenvalue weighted by Crippen LogP contribution is 2.12. The molecule has 0 saturated heterocycles. The topological polar surface area (TPSA) is 44.7 Å². The van der Waals surface area contributed by atoms with Crippen molar-refractivity contribution in [3.8, 4) is 0 Å². The minimum absolute atomic E-state index is 0.124. The number of hydrogen-bond acceptors (Lipinski definition) is 2. The van der Waals surface area contributed by atoms with Crippen molar-refractivity contribution in [1.82, 2.24) is 10.3 Å². The fourth-order valence-corrected chi connectivity index (χ4v) is 1.86. The van der Waals surface area contributed by atoms with E-state index in [0.717, 1.165) is 24.1 Å². The van der Waals surface area contributed by atoms with Crippen LogP contribution in [0.3, 0.4) is 0 Å². The van der Waals surface area contributed by atoms with E-state index >= 15 is 0 Å². The van der Waals surface area contributed by atoms with Gasteiger partial charge >= 0.3 is 6.03 Å². The lowest BCUT2D eigenvalue weighted by molar-refractivity contribution is 0.197. The lowest BCUT2D eigenvalue weighted by Crippen LogP contribution is -2.45. The van der Waals surface area contributed by atoms with Gasteiger partial charge in [-0.3, -0.25) is 0 Å². The van der Waals surface area contributed by atoms with Crippen LogP contribution in [0.25, 0.3) is 0 Å². The van der Waals surface area contributed by atoms with Crippen LogP contribution in [0, 0.1) is 0 Å². The number of rotatable bonds is 4. The van der Waals surface area contributed by atoms with E-state index in [1.54, 1.807) is 0 Å². The Labute approximate surface area is 112 Å². The lowest BCUT2D eigenvalue weighted by Gasteiger charge is -2.24. The maximum Gasteiger partial charge on any atom is 0.338 e. The van der Waals surface area contributed by atoms with Gasteiger partial charge in [-0.1, -0.05) is 37.1 Å². The summed E-state index contributed by atoms with van der Waals surface area (Å²) < 4.78 is 0. The molecule has 0 unspecified atom stereocenters. The van der Waals surface area contributed by atoms with Crippen molar-refractivity contribution in [1.29, 1.82) is 0 Å². The molecule has 0 radical (unpaired) electrons. The molecule has 2 rings (SSSR count). The molecule has 1 aromatic rings. The zero-order valence-corrected chi connectivity index (χ0v) is 11.1. The Morgan fingerprint density at radius 2 is 2.11 bits per heavy atom. The molecule has 0 bridgehead atoms. The number of carbonyl (C=O) groups excluding carboxylic acids is 1. The van der Waals surface area contributed by atoms with E-state index in [1.807, 2.05) is 24.3 Å². The second-order valence-corrected chi connectivity index (χ2v) is 4.63. The summed E-state index contributed by atoms with van der Waals surface area (Å²) in [7, 11) is 0. The Morgan fingerprint density at radius 3 is 2.78 bits per heavy atom. The molecule has 0 spiro atoms. The van der Waals surface area contributed by atoms with Crippen LogP contribution < -0.4 is 5.32 Å². The molecule has 1 aliphatic heterocycles. The van der Waals surface area contributed by atoms with Crippen LogP contribution in [0.15, 0.2) is 29.4 Å². The first-order chi connectivity index (χ1) is 8.70. The van der Waals surface area contributed by atoms with Crippen molar-refractivity contribution in [3.63, 3.8) is 0 Å². The van der Waals surface area contributed by atoms with Crippen LogP contribution in [-0.4, -0.2) is 29.8 Å². The van der Waals surface area contributed by atoms with Crippen molar-refractivity contribution in [2.45, 2.75) is 19.8 Å². The fraction of sp³-hybridized carbons (Fsp3) is 0.385. The van der Waals surface area contributed by atoms with Gasteiger partial charge in [-0.15, -0.1) is 0 Å². The third-order valence-electron chi connectivity index (χ3n) is 2.78. The third-order valence-corrected chi connectivity index (χ3v) is 3.04. The summed E-state index contributed by atoms with van der Waals surface area (Å²) in [5.74, 6) is 0. The van der Waals surface area contributed by atoms with Crippen LogP contribution >= 0.6 is 11.6 Å². The summed E-state index contributed by atoms with van der Waals surface area (Å²) in [6, 6.07) is 7.35. The normalized spacial score (nSPS) is 15.3. The van der Waals surface area contributed by atoms with E-state index in [9.17, 15) is 4.79 Å². The molecule has 96 valence electrons. The van der Waals surface area contributed by atoms with Crippen LogP contribution in [0.5, 0.6) is 0 Å². The molecule has 1 aromatic carbocycles. The number of nitrogens with zero attached hydrogens (tertiary/aromatic N) is 2. The minimum atomic E-state index is -0.124. The Hall–Kier alpha value is -1.55. The van der Waals surface area contributed by atoms with Crippen LogP contribution in [-0.2, 0) is 0 Å². The molecule has 0 saturated carbocycles. The van der Waals surface area contributed by atoms with Gasteiger partial charge in [0.25, 0.3) is 0 Å². The maximum atomic E-state index is 11.6. The van der Waals surface area contributed by atoms with Gasteiger partial charge in [0, 0.05) is 11.6 Å². The number of amides is 2. The van der Waals surface area contributed by atoms with Crippen LogP contribution in [0.2, 0.25) is 5.02 Å². The largest absolute Gasteiger partial charge is 0.338 e. The second-order valence-electron chi connectivity index (χ2n) is 4.19. The smallest absolute Gasteiger partial charge is 0.331 e. The molecule has 0 atom stereocenters. The molecular weight excluding hydrogens is 250 g/mol. The summed E-state index contributed by atoms with van der Waals surface area (Å²) in [6.07, 6.45) is 1.99. The number of urea groups is 1. The predicted molar refractivity (Wildman–Crippen MR) is 73.0 cm³/mol. The summed E-state index contributed by atoms with van der Waals surface area (Å²) in [6.45, 7) is 3.20. The van der Waals surface area contributed by atoms with Crippen molar-refractivity contribution in [2.75, 3.05) is 13.1 Å². The van der Waals surface area contributed by atoms with Crippen molar-refractivity contribution in [3.05, 3.63) is 34.9 Å². The maximum absolute atomic E-state index is 11.6. The molecule has 0 aromatic heterocycles. The van der Waals surface area contributed by atoms with E-state index in [-0.39, 0.29) is 6.03 Å². The highest BCUT2D eigenvalue weighted by atomic mass is 35.5. The number of hydrazone groups is 1. The average molecular weight is 266 g/mol. The van der Waals surface area contributed by atoms with Crippen molar-refractivity contribution < 1.29 is 4.79 Å². The number of hydrogen-bond donors (Lipinski definition) is 1. The van der Waals surface area contributed by atoms with E-state index in [4.69, 9.17) is 11.6 Å². The van der Waals surface area contributed by atoms with Gasteiger partial charge in [-0.05, 0) is 24.1 Å². The highest BCUT2D eigenvalue weighted by Gasteiger charge is 2.19. The number of unbranched alkanes of at least 4 members (excludes halogenated alkanes) is 1. The van der Waals surface area contributed by atoms with Gasteiger partial charge < -0.3 is 5.32 Å². The van der Waals surface area contributed by atoms with Gasteiger partial charge in [0.05, 0.1) is 12.3 Å². The molecule has 1 heterocycles. The molecule has 0 aliphatic carbocycles. The zero-order chi connectivity index (χ0) is 13.0. The Bertz CT molecular complexity index is 456. The van der Waals surface area contributed by atoms with E-state index < -0.39 is 0 Å². The van der Waals surface area contributed by atoms with Crippen molar-refractivity contribution >= 4 is 23.3 Å². The predicted octanol–water partition coefficient (Wildman–Crippen LogP) is 2.87. The summed E-state index contributed by atoms with van der Waals surface area (Å²) in [4.78, 5) is 11.6. The first-order valence-electron chi connectivity index (χ1n) is 6.09. The molecule has 4 nitrogen and oxygen atoms in total. The molecular formula is C13H16ClN3O. The molecule has 0 fully saturated rings. The lowest BCUT2D eigenvalue weighted by atomic mass is 10.1. The first-order valence-corrected chi connectivity index (χ1v) is 6.47. The molecule has 18 heavy (non-hydrogen) atoms. The number of nitrogens with one attached hydrogen (secondary N) is 1. The average Bonchev–Trinajstić information content (AvgIpc) is 2.39. The highest BCUT2D eigenvalue weighted by molar-refractivity contribution is 6.30. The van der Waals surface area contributed by atoms with E-state index in [0.29, 0.717) is 18.1 Å². The number of carbonyl (C=O) groups is 1. The van der Waals surface area contributed by atoms with E-state index in [2.05, 4.69) is 17.3 Å². The van der Waals surface area contributed by atoms with Gasteiger partial charge in [0.15, 0.2) is 0 Å². The molecule has 1 aliphatic rings. The zero-order valence-electron chi connectivity index (χ0n) is 10.3. The first kappa shape index (κ1) is 12.9. The summed E-state index contributed by atoms with van der Waals surface area (Å²) >= 11 is 5.85. The Kier molecular flexibility index (Phi) is 4.20.